The number of rotatable bonds is 7. The molecule has 9 heteroatoms. The predicted octanol–water partition coefficient (Wildman–Crippen LogP) is -0.351. The van der Waals surface area contributed by atoms with Crippen LogP contribution in [0.2, 0.25) is 0 Å². The van der Waals surface area contributed by atoms with Crippen LogP contribution in [0.1, 0.15) is 56.1 Å². The second kappa shape index (κ2) is 9.69. The number of quaternary nitrogens is 1. The lowest BCUT2D eigenvalue weighted by Crippen LogP contribution is -3.00. The molecule has 0 saturated carbocycles. The zero-order chi connectivity index (χ0) is 24.9. The van der Waals surface area contributed by atoms with Crippen LogP contribution in [0.3, 0.4) is 0 Å². The third-order valence-corrected chi connectivity index (χ3v) is 7.33. The number of ether oxygens (including phenoxy) is 1. The topological polar surface area (TPSA) is 113 Å². The Morgan fingerprint density at radius 1 is 1.15 bits per heavy atom. The normalized spacial score (nSPS) is 20.6. The van der Waals surface area contributed by atoms with E-state index in [1.807, 2.05) is 0 Å². The van der Waals surface area contributed by atoms with Crippen molar-refractivity contribution < 1.29 is 57.8 Å². The van der Waals surface area contributed by atoms with Gasteiger partial charge in [0.2, 0.25) is 0 Å². The fourth-order valence-corrected chi connectivity index (χ4v) is 4.50. The van der Waals surface area contributed by atoms with Crippen molar-refractivity contribution in [1.82, 2.24) is 5.32 Å². The van der Waals surface area contributed by atoms with E-state index in [-0.39, 0.29) is 63.5 Å². The molecule has 2 aliphatic rings. The minimum atomic E-state index is -1.49. The van der Waals surface area contributed by atoms with E-state index >= 15 is 0 Å². The Morgan fingerprint density at radius 2 is 1.74 bits per heavy atom. The third-order valence-electron chi connectivity index (χ3n) is 7.33. The number of allylic oxidation sites excluding steroid dienone is 4. The smallest absolute Gasteiger partial charge is 0.194 e. The standard InChI is InChI=1S/C25H32N2O6.HI/c1-8-27(7,9-2)11-10-26-14(4)18-16(29)12-17-25(6,24(18)32)20-22(31)13(3)21(30)19(15(5)28)23(20)33-17;/h12H,8-11H2,1-7H3,(H2-,26,28,29,30,31,32);1H/t25-;/m0./s1. The molecule has 0 radical (unpaired) electrons. The molecule has 0 amide bonds. The number of carbonyl (C=O) groups is 3. The number of phenolic OH excluding ortho intramolecular Hbond substituents is 2. The van der Waals surface area contributed by atoms with Gasteiger partial charge in [0.25, 0.3) is 0 Å². The van der Waals surface area contributed by atoms with Crippen molar-refractivity contribution in [3.05, 3.63) is 39.8 Å². The first kappa shape index (κ1) is 27.8. The quantitative estimate of drug-likeness (QED) is 0.132. The highest BCUT2D eigenvalue weighted by Gasteiger charge is 2.56. The summed E-state index contributed by atoms with van der Waals surface area (Å²) in [6.07, 6.45) is 1.23. The lowest BCUT2D eigenvalue weighted by atomic mass is 9.70. The van der Waals surface area contributed by atoms with E-state index in [0.29, 0.717) is 12.2 Å². The highest BCUT2D eigenvalue weighted by atomic mass is 127. The van der Waals surface area contributed by atoms with Crippen LogP contribution < -0.4 is 34.0 Å². The highest BCUT2D eigenvalue weighted by Crippen LogP contribution is 2.57. The minimum Gasteiger partial charge on any atom is -1.00 e. The summed E-state index contributed by atoms with van der Waals surface area (Å²) in [6.45, 7) is 13.6. The summed E-state index contributed by atoms with van der Waals surface area (Å²) in [5.41, 5.74) is -0.992. The highest BCUT2D eigenvalue weighted by molar-refractivity contribution is 6.31. The van der Waals surface area contributed by atoms with Gasteiger partial charge < -0.3 is 48.7 Å². The Hall–Kier alpha value is -2.40. The van der Waals surface area contributed by atoms with Crippen molar-refractivity contribution in [2.24, 2.45) is 0 Å². The molecule has 186 valence electrons. The maximum absolute atomic E-state index is 13.7. The molecule has 0 spiro atoms. The number of hydrogen-bond acceptors (Lipinski definition) is 7. The Morgan fingerprint density at radius 3 is 2.26 bits per heavy atom. The van der Waals surface area contributed by atoms with Gasteiger partial charge in [0, 0.05) is 17.3 Å². The molecule has 1 aliphatic heterocycles. The number of fused-ring (bicyclic) bond motifs is 3. The van der Waals surface area contributed by atoms with Crippen molar-refractivity contribution in [3.8, 4) is 17.2 Å². The summed E-state index contributed by atoms with van der Waals surface area (Å²) in [4.78, 5) is 38.9. The maximum Gasteiger partial charge on any atom is 0.194 e. The van der Waals surface area contributed by atoms with Crippen molar-refractivity contribution in [1.29, 1.82) is 0 Å². The molecule has 0 unspecified atom stereocenters. The molecule has 0 fully saturated rings. The molecule has 0 bridgehead atoms. The number of likely N-dealkylation sites (N-methyl/N-ethyl adjacent to an activating group) is 1. The summed E-state index contributed by atoms with van der Waals surface area (Å²) in [5, 5.41) is 24.5. The number of Topliss-reactive ketones (excluding diaryl/α,β-unsaturated/α-hetero) is 2. The van der Waals surface area contributed by atoms with Gasteiger partial charge >= 0.3 is 0 Å². The van der Waals surface area contributed by atoms with Crippen LogP contribution in [-0.2, 0) is 15.0 Å². The average molecular weight is 584 g/mol. The lowest BCUT2D eigenvalue weighted by Gasteiger charge is -2.32. The predicted molar refractivity (Wildman–Crippen MR) is 123 cm³/mol. The molecule has 8 nitrogen and oxygen atoms in total. The second-order valence-electron chi connectivity index (χ2n) is 9.29. The summed E-state index contributed by atoms with van der Waals surface area (Å²) in [7, 11) is 2.15. The molecule has 3 N–H and O–H groups in total. The van der Waals surface area contributed by atoms with E-state index < -0.39 is 28.5 Å². The molecule has 3 rings (SSSR count). The van der Waals surface area contributed by atoms with Gasteiger partial charge in [-0.1, -0.05) is 0 Å². The van der Waals surface area contributed by atoms with E-state index in [2.05, 4.69) is 26.2 Å². The molecule has 34 heavy (non-hydrogen) atoms. The third kappa shape index (κ3) is 4.13. The number of carbonyl (C=O) groups excluding carboxylic acids is 3. The zero-order valence-electron chi connectivity index (χ0n) is 20.8. The number of nitrogens with zero attached hydrogens (tertiary/aromatic N) is 1. The van der Waals surface area contributed by atoms with Crippen molar-refractivity contribution in [3.63, 3.8) is 0 Å². The van der Waals surface area contributed by atoms with Crippen molar-refractivity contribution >= 4 is 17.3 Å². The first-order valence-electron chi connectivity index (χ1n) is 11.2. The Balaban J connectivity index is 0.00000408. The van der Waals surface area contributed by atoms with Crippen LogP contribution in [0.25, 0.3) is 0 Å². The number of benzene rings is 1. The SMILES string of the molecule is CC[N+](C)(CC)CCN/C(C)=C1\C(=O)C=C2Oc3c(C(C)=O)c(O)c(C)c(O)c3[C@@]2(C)C1=O.[I-]. The minimum absolute atomic E-state index is 0. The monoisotopic (exact) mass is 584 g/mol. The number of halogens is 1. The second-order valence-corrected chi connectivity index (χ2v) is 9.29. The maximum atomic E-state index is 13.7. The fraction of sp³-hybridized carbons (Fsp3) is 0.480. The van der Waals surface area contributed by atoms with Crippen LogP contribution in [0, 0.1) is 6.92 Å². The summed E-state index contributed by atoms with van der Waals surface area (Å²) in [6, 6.07) is 0. The number of aromatic hydroxyl groups is 2. The number of nitrogens with one attached hydrogen (secondary N) is 1. The summed E-state index contributed by atoms with van der Waals surface area (Å²) >= 11 is 0. The van der Waals surface area contributed by atoms with Gasteiger partial charge in [-0.3, -0.25) is 14.4 Å². The van der Waals surface area contributed by atoms with E-state index in [1.165, 1.54) is 19.9 Å². The molecule has 0 aromatic heterocycles. The van der Waals surface area contributed by atoms with Crippen LogP contribution in [0.4, 0.5) is 0 Å². The lowest BCUT2D eigenvalue weighted by molar-refractivity contribution is -0.904. The molecular weight excluding hydrogens is 551 g/mol. The average Bonchev–Trinajstić information content (AvgIpc) is 3.05. The van der Waals surface area contributed by atoms with Gasteiger partial charge in [0.1, 0.15) is 34.0 Å². The molecule has 1 aromatic carbocycles. The van der Waals surface area contributed by atoms with Gasteiger partial charge in [-0.05, 0) is 41.5 Å². The van der Waals surface area contributed by atoms with Crippen LogP contribution in [0.5, 0.6) is 17.2 Å². The van der Waals surface area contributed by atoms with Gasteiger partial charge in [0.05, 0.1) is 44.4 Å². The van der Waals surface area contributed by atoms with Crippen molar-refractivity contribution in [2.45, 2.75) is 47.0 Å². The van der Waals surface area contributed by atoms with Gasteiger partial charge in [-0.15, -0.1) is 0 Å². The Kier molecular flexibility index (Phi) is 7.94. The summed E-state index contributed by atoms with van der Waals surface area (Å²) in [5.74, 6) is -2.27. The van der Waals surface area contributed by atoms with Gasteiger partial charge in [-0.25, -0.2) is 0 Å². The van der Waals surface area contributed by atoms with Gasteiger partial charge in [-0.2, -0.15) is 0 Å². The molecular formula is C25H33IN2O6. The largest absolute Gasteiger partial charge is 1.00 e. The van der Waals surface area contributed by atoms with Crippen LogP contribution in [-0.4, -0.2) is 65.3 Å². The molecule has 1 atom stereocenters. The van der Waals surface area contributed by atoms with E-state index in [9.17, 15) is 24.6 Å². The molecule has 1 heterocycles. The first-order chi connectivity index (χ1) is 15.3. The Labute approximate surface area is 217 Å². The van der Waals surface area contributed by atoms with E-state index in [1.54, 1.807) is 13.8 Å². The van der Waals surface area contributed by atoms with Crippen molar-refractivity contribution in [2.75, 3.05) is 33.2 Å². The number of ketones is 3. The number of phenols is 2. The van der Waals surface area contributed by atoms with Crippen LogP contribution in [0.15, 0.2) is 23.1 Å². The molecule has 1 aliphatic carbocycles. The fourth-order valence-electron chi connectivity index (χ4n) is 4.50. The number of hydrogen-bond donors (Lipinski definition) is 3. The zero-order valence-corrected chi connectivity index (χ0v) is 22.9. The van der Waals surface area contributed by atoms with Crippen LogP contribution >= 0.6 is 0 Å². The molecule has 1 aromatic rings. The van der Waals surface area contributed by atoms with Gasteiger partial charge in [0.15, 0.2) is 17.3 Å². The van der Waals surface area contributed by atoms with E-state index in [4.69, 9.17) is 4.74 Å². The Bertz CT molecular complexity index is 1130. The van der Waals surface area contributed by atoms with E-state index in [0.717, 1.165) is 24.1 Å². The first-order valence-corrected chi connectivity index (χ1v) is 11.2. The molecule has 0 saturated heterocycles. The summed E-state index contributed by atoms with van der Waals surface area (Å²) < 4.78 is 6.63.